The summed E-state index contributed by atoms with van der Waals surface area (Å²) in [5.41, 5.74) is 2.30. The lowest BCUT2D eigenvalue weighted by Crippen LogP contribution is -1.97. The lowest BCUT2D eigenvalue weighted by Gasteiger charge is -2.12. The highest BCUT2D eigenvalue weighted by molar-refractivity contribution is 5.49. The fraction of sp³-hybridized carbons (Fsp3) is 0.438. The Morgan fingerprint density at radius 1 is 1.21 bits per heavy atom. The van der Waals surface area contributed by atoms with Gasteiger partial charge in [-0.15, -0.1) is 0 Å². The van der Waals surface area contributed by atoms with Gasteiger partial charge in [0.2, 0.25) is 0 Å². The molecule has 0 fully saturated rings. The highest BCUT2D eigenvalue weighted by atomic mass is 16.5. The minimum absolute atomic E-state index is 0. The molecule has 106 valence electrons. The first-order valence-corrected chi connectivity index (χ1v) is 6.38. The summed E-state index contributed by atoms with van der Waals surface area (Å²) in [5, 5.41) is 0. The van der Waals surface area contributed by atoms with Crippen LogP contribution in [0.15, 0.2) is 36.9 Å². The van der Waals surface area contributed by atoms with E-state index < -0.39 is 0 Å². The van der Waals surface area contributed by atoms with E-state index in [0.717, 1.165) is 11.4 Å². The van der Waals surface area contributed by atoms with E-state index in [9.17, 15) is 0 Å². The predicted octanol–water partition coefficient (Wildman–Crippen LogP) is 4.67. The van der Waals surface area contributed by atoms with Gasteiger partial charge in [0.25, 0.3) is 0 Å². The van der Waals surface area contributed by atoms with Crippen molar-refractivity contribution in [2.75, 3.05) is 7.11 Å². The number of nitrogens with zero attached hydrogens (tertiary/aromatic N) is 2. The Morgan fingerprint density at radius 3 is 2.37 bits per heavy atom. The van der Waals surface area contributed by atoms with Crippen molar-refractivity contribution in [1.29, 1.82) is 0 Å². The summed E-state index contributed by atoms with van der Waals surface area (Å²) in [6.07, 6.45) is 5.44. The van der Waals surface area contributed by atoms with Gasteiger partial charge >= 0.3 is 0 Å². The molecule has 0 aliphatic rings. The molecule has 0 N–H and O–H groups in total. The summed E-state index contributed by atoms with van der Waals surface area (Å²) in [4.78, 5) is 4.04. The zero-order chi connectivity index (χ0) is 13.5. The van der Waals surface area contributed by atoms with E-state index in [1.54, 1.807) is 19.6 Å². The summed E-state index contributed by atoms with van der Waals surface area (Å²) in [7, 11) is 1.69. The second kappa shape index (κ2) is 8.35. The molecule has 1 heterocycles. The smallest absolute Gasteiger partial charge is 0.143 e. The van der Waals surface area contributed by atoms with Crippen molar-refractivity contribution < 1.29 is 4.74 Å². The maximum Gasteiger partial charge on any atom is 0.143 e. The topological polar surface area (TPSA) is 27.1 Å². The van der Waals surface area contributed by atoms with Crippen LogP contribution in [0, 0.1) is 0 Å². The Hall–Kier alpha value is -1.77. The van der Waals surface area contributed by atoms with Crippen LogP contribution in [0.3, 0.4) is 0 Å². The first-order chi connectivity index (χ1) is 8.72. The Labute approximate surface area is 117 Å². The maximum absolute atomic E-state index is 5.41. The Morgan fingerprint density at radius 2 is 1.89 bits per heavy atom. The number of aromatic nitrogens is 2. The van der Waals surface area contributed by atoms with Gasteiger partial charge in [0.1, 0.15) is 5.75 Å². The van der Waals surface area contributed by atoms with Gasteiger partial charge in [-0.1, -0.05) is 41.2 Å². The van der Waals surface area contributed by atoms with Crippen LogP contribution in [-0.2, 0) is 0 Å². The molecule has 2 aromatic rings. The third kappa shape index (κ3) is 4.12. The van der Waals surface area contributed by atoms with Crippen molar-refractivity contribution in [3.8, 4) is 11.4 Å². The molecule has 0 spiro atoms. The van der Waals surface area contributed by atoms with Crippen molar-refractivity contribution in [3.05, 3.63) is 42.5 Å². The molecule has 0 radical (unpaired) electrons. The molecule has 0 aliphatic heterocycles. The molecule has 3 heteroatoms. The van der Waals surface area contributed by atoms with Crippen molar-refractivity contribution in [2.24, 2.45) is 0 Å². The molecule has 0 aliphatic carbocycles. The van der Waals surface area contributed by atoms with E-state index in [1.165, 1.54) is 5.56 Å². The quantitative estimate of drug-likeness (QED) is 0.804. The monoisotopic (exact) mass is 262 g/mol. The van der Waals surface area contributed by atoms with E-state index in [4.69, 9.17) is 4.74 Å². The van der Waals surface area contributed by atoms with Gasteiger partial charge in [-0.2, -0.15) is 0 Å². The van der Waals surface area contributed by atoms with Crippen LogP contribution in [0.5, 0.6) is 5.75 Å². The average Bonchev–Trinajstić information content (AvgIpc) is 2.94. The Bertz CT molecular complexity index is 462. The molecule has 1 aromatic carbocycles. The number of ether oxygens (including phenoxy) is 1. The highest BCUT2D eigenvalue weighted by Crippen LogP contribution is 2.27. The van der Waals surface area contributed by atoms with E-state index in [0.29, 0.717) is 5.92 Å². The van der Waals surface area contributed by atoms with Gasteiger partial charge in [0.05, 0.1) is 19.1 Å². The minimum atomic E-state index is 0. The van der Waals surface area contributed by atoms with E-state index in [2.05, 4.69) is 37.0 Å². The van der Waals surface area contributed by atoms with Crippen LogP contribution in [0.1, 0.15) is 46.6 Å². The predicted molar refractivity (Wildman–Crippen MR) is 82.3 cm³/mol. The molecule has 2 rings (SSSR count). The molecular weight excluding hydrogens is 236 g/mol. The zero-order valence-electron chi connectivity index (χ0n) is 11.8. The SMILES string of the molecule is C.CC.COc1cc(C(C)C)ccc1-n1ccnc1. The minimum Gasteiger partial charge on any atom is -0.495 e. The van der Waals surface area contributed by atoms with Gasteiger partial charge in [0.15, 0.2) is 0 Å². The van der Waals surface area contributed by atoms with Gasteiger partial charge in [-0.3, -0.25) is 0 Å². The van der Waals surface area contributed by atoms with Crippen molar-refractivity contribution in [2.45, 2.75) is 41.0 Å². The van der Waals surface area contributed by atoms with Gasteiger partial charge < -0.3 is 9.30 Å². The van der Waals surface area contributed by atoms with Crippen LogP contribution in [-0.4, -0.2) is 16.7 Å². The molecule has 1 aromatic heterocycles. The molecule has 0 bridgehead atoms. The Kier molecular flexibility index (Phi) is 7.57. The number of methoxy groups -OCH3 is 1. The lowest BCUT2D eigenvalue weighted by molar-refractivity contribution is 0.412. The normalized spacial score (nSPS) is 9.37. The third-order valence-corrected chi connectivity index (χ3v) is 2.65. The lowest BCUT2D eigenvalue weighted by atomic mass is 10.0. The van der Waals surface area contributed by atoms with Crippen LogP contribution < -0.4 is 4.74 Å². The maximum atomic E-state index is 5.41. The van der Waals surface area contributed by atoms with Gasteiger partial charge in [-0.25, -0.2) is 4.98 Å². The standard InChI is InChI=1S/C13H16N2O.C2H6.CH4/c1-10(2)11-4-5-12(13(8-11)16-3)15-7-6-14-9-15;1-2;/h4-10H,1-3H3;1-2H3;1H4. The average molecular weight is 262 g/mol. The largest absolute Gasteiger partial charge is 0.495 e. The molecule has 3 nitrogen and oxygen atoms in total. The first-order valence-electron chi connectivity index (χ1n) is 6.38. The van der Waals surface area contributed by atoms with Crippen LogP contribution in [0.4, 0.5) is 0 Å². The summed E-state index contributed by atoms with van der Waals surface area (Å²) in [6.45, 7) is 8.34. The van der Waals surface area contributed by atoms with E-state index >= 15 is 0 Å². The summed E-state index contributed by atoms with van der Waals surface area (Å²) in [6, 6.07) is 6.28. The number of benzene rings is 1. The van der Waals surface area contributed by atoms with E-state index in [-0.39, 0.29) is 7.43 Å². The molecule has 19 heavy (non-hydrogen) atoms. The van der Waals surface area contributed by atoms with Gasteiger partial charge in [0, 0.05) is 12.4 Å². The number of rotatable bonds is 3. The fourth-order valence-corrected chi connectivity index (χ4v) is 1.67. The number of hydrogen-bond donors (Lipinski definition) is 0. The molecule has 0 amide bonds. The van der Waals surface area contributed by atoms with Crippen molar-refractivity contribution in [3.63, 3.8) is 0 Å². The number of imidazole rings is 1. The van der Waals surface area contributed by atoms with E-state index in [1.807, 2.05) is 24.6 Å². The van der Waals surface area contributed by atoms with Gasteiger partial charge in [-0.05, 0) is 23.6 Å². The summed E-state index contributed by atoms with van der Waals surface area (Å²) < 4.78 is 7.36. The fourth-order valence-electron chi connectivity index (χ4n) is 1.67. The molecule has 0 saturated carbocycles. The second-order valence-corrected chi connectivity index (χ2v) is 4.06. The van der Waals surface area contributed by atoms with Crippen LogP contribution >= 0.6 is 0 Å². The van der Waals surface area contributed by atoms with Crippen molar-refractivity contribution in [1.82, 2.24) is 9.55 Å². The Balaban J connectivity index is 0.00000103. The number of hydrogen-bond acceptors (Lipinski definition) is 2. The summed E-state index contributed by atoms with van der Waals surface area (Å²) in [5.74, 6) is 1.38. The molecule has 0 saturated heterocycles. The van der Waals surface area contributed by atoms with Crippen LogP contribution in [0.2, 0.25) is 0 Å². The first kappa shape index (κ1) is 17.2. The second-order valence-electron chi connectivity index (χ2n) is 4.06. The highest BCUT2D eigenvalue weighted by Gasteiger charge is 2.07. The third-order valence-electron chi connectivity index (χ3n) is 2.65. The zero-order valence-corrected chi connectivity index (χ0v) is 11.8. The molecule has 0 unspecified atom stereocenters. The van der Waals surface area contributed by atoms with Crippen LogP contribution in [0.25, 0.3) is 5.69 Å². The molecule has 0 atom stereocenters. The molecular formula is C16H26N2O. The summed E-state index contributed by atoms with van der Waals surface area (Å²) >= 11 is 0. The van der Waals surface area contributed by atoms with Crippen molar-refractivity contribution >= 4 is 0 Å².